The van der Waals surface area contributed by atoms with E-state index in [2.05, 4.69) is 0 Å². The molecule has 2 N–H and O–H groups in total. The fraction of sp³-hybridized carbons (Fsp3) is 0.455. The first-order valence-electron chi connectivity index (χ1n) is 5.35. The third-order valence-corrected chi connectivity index (χ3v) is 4.59. The topological polar surface area (TPSA) is 78.6 Å². The highest BCUT2D eigenvalue weighted by atomic mass is 32.2. The Labute approximate surface area is 100 Å². The van der Waals surface area contributed by atoms with Crippen molar-refractivity contribution in [3.05, 3.63) is 18.2 Å². The van der Waals surface area contributed by atoms with Crippen LogP contribution in [0.1, 0.15) is 6.92 Å². The molecule has 0 saturated heterocycles. The summed E-state index contributed by atoms with van der Waals surface area (Å²) in [6, 6.07) is 4.65. The smallest absolute Gasteiger partial charge is 0.231 e. The number of nitrogens with two attached hydrogens (primary N) is 1. The summed E-state index contributed by atoms with van der Waals surface area (Å²) in [5, 5.41) is 0. The van der Waals surface area contributed by atoms with Crippen molar-refractivity contribution < 1.29 is 17.9 Å². The summed E-state index contributed by atoms with van der Waals surface area (Å²) >= 11 is 0. The van der Waals surface area contributed by atoms with Crippen LogP contribution < -0.4 is 15.2 Å². The normalized spacial score (nSPS) is 15.9. The number of rotatable bonds is 4. The molecule has 1 aliphatic rings. The number of hydrogen-bond donors (Lipinski definition) is 1. The maximum Gasteiger partial charge on any atom is 0.231 e. The average molecular weight is 257 g/mol. The fourth-order valence-corrected chi connectivity index (χ4v) is 3.25. The molecule has 0 bridgehead atoms. The highest BCUT2D eigenvalue weighted by Gasteiger charge is 2.21. The third-order valence-electron chi connectivity index (χ3n) is 2.61. The second kappa shape index (κ2) is 4.54. The van der Waals surface area contributed by atoms with Crippen molar-refractivity contribution in [1.29, 1.82) is 0 Å². The van der Waals surface area contributed by atoms with E-state index in [9.17, 15) is 8.42 Å². The van der Waals surface area contributed by atoms with Gasteiger partial charge in [-0.2, -0.15) is 0 Å². The van der Waals surface area contributed by atoms with Crippen molar-refractivity contribution >= 4 is 9.84 Å². The molecule has 17 heavy (non-hydrogen) atoms. The highest BCUT2D eigenvalue weighted by molar-refractivity contribution is 7.91. The zero-order valence-corrected chi connectivity index (χ0v) is 10.4. The Morgan fingerprint density at radius 3 is 2.76 bits per heavy atom. The summed E-state index contributed by atoms with van der Waals surface area (Å²) in [5.41, 5.74) is 5.44. The Balaban J connectivity index is 2.28. The molecule has 1 aromatic carbocycles. The van der Waals surface area contributed by atoms with E-state index in [1.165, 1.54) is 12.1 Å². The average Bonchev–Trinajstić information content (AvgIpc) is 2.75. The maximum absolute atomic E-state index is 12.0. The largest absolute Gasteiger partial charge is 0.454 e. The van der Waals surface area contributed by atoms with Crippen LogP contribution in [0, 0.1) is 5.92 Å². The summed E-state index contributed by atoms with van der Waals surface area (Å²) in [4.78, 5) is 0.252. The minimum atomic E-state index is -3.31. The lowest BCUT2D eigenvalue weighted by Crippen LogP contribution is -2.21. The third kappa shape index (κ3) is 2.53. The predicted molar refractivity (Wildman–Crippen MR) is 62.8 cm³/mol. The van der Waals surface area contributed by atoms with E-state index in [0.717, 1.165) is 0 Å². The Hall–Kier alpha value is -1.27. The van der Waals surface area contributed by atoms with Crippen molar-refractivity contribution in [2.75, 3.05) is 19.1 Å². The van der Waals surface area contributed by atoms with Crippen LogP contribution in [0.3, 0.4) is 0 Å². The van der Waals surface area contributed by atoms with Gasteiger partial charge in [0.1, 0.15) is 0 Å². The van der Waals surface area contributed by atoms with Crippen LogP contribution in [0.4, 0.5) is 0 Å². The number of sulfone groups is 1. The Kier molecular flexibility index (Phi) is 3.26. The van der Waals surface area contributed by atoms with Gasteiger partial charge in [0, 0.05) is 6.07 Å². The SMILES string of the molecule is CC(CN)CS(=O)(=O)c1ccc2c(c1)OCO2. The number of benzene rings is 1. The quantitative estimate of drug-likeness (QED) is 0.862. The molecule has 0 amide bonds. The van der Waals surface area contributed by atoms with Crippen molar-refractivity contribution in [2.24, 2.45) is 11.7 Å². The van der Waals surface area contributed by atoms with E-state index in [1.807, 2.05) is 6.92 Å². The van der Waals surface area contributed by atoms with Crippen LogP contribution in [0.5, 0.6) is 11.5 Å². The molecule has 94 valence electrons. The summed E-state index contributed by atoms with van der Waals surface area (Å²) < 4.78 is 34.4. The molecule has 6 heteroatoms. The van der Waals surface area contributed by atoms with E-state index in [-0.39, 0.29) is 23.4 Å². The zero-order chi connectivity index (χ0) is 12.5. The molecule has 1 unspecified atom stereocenters. The second-order valence-electron chi connectivity index (χ2n) is 4.14. The second-order valence-corrected chi connectivity index (χ2v) is 6.17. The lowest BCUT2D eigenvalue weighted by molar-refractivity contribution is 0.174. The standard InChI is InChI=1S/C11H15NO4S/c1-8(5-12)6-17(13,14)9-2-3-10-11(4-9)16-7-15-10/h2-4,8H,5-7,12H2,1H3. The van der Waals surface area contributed by atoms with Gasteiger partial charge in [-0.15, -0.1) is 0 Å². The lowest BCUT2D eigenvalue weighted by Gasteiger charge is -2.09. The Morgan fingerprint density at radius 2 is 2.06 bits per heavy atom. The summed E-state index contributed by atoms with van der Waals surface area (Å²) in [5.74, 6) is 1.04. The van der Waals surface area contributed by atoms with E-state index in [1.54, 1.807) is 6.07 Å². The minimum absolute atomic E-state index is 0.0448. The van der Waals surface area contributed by atoms with Gasteiger partial charge >= 0.3 is 0 Å². The molecular weight excluding hydrogens is 242 g/mol. The minimum Gasteiger partial charge on any atom is -0.454 e. The van der Waals surface area contributed by atoms with E-state index >= 15 is 0 Å². The van der Waals surface area contributed by atoms with Gasteiger partial charge in [0.15, 0.2) is 21.3 Å². The first kappa shape index (κ1) is 12.2. The number of ether oxygens (including phenoxy) is 2. The van der Waals surface area contributed by atoms with Gasteiger partial charge in [-0.25, -0.2) is 8.42 Å². The Bertz CT molecular complexity index is 512. The summed E-state index contributed by atoms with van der Waals surface area (Å²) in [7, 11) is -3.31. The van der Waals surface area contributed by atoms with Gasteiger partial charge in [-0.1, -0.05) is 6.92 Å². The monoisotopic (exact) mass is 257 g/mol. The Morgan fingerprint density at radius 1 is 1.35 bits per heavy atom. The van der Waals surface area contributed by atoms with Crippen molar-refractivity contribution in [2.45, 2.75) is 11.8 Å². The molecule has 0 spiro atoms. The molecule has 1 aromatic rings. The molecule has 0 aliphatic carbocycles. The van der Waals surface area contributed by atoms with Gasteiger partial charge < -0.3 is 15.2 Å². The first-order valence-corrected chi connectivity index (χ1v) is 7.00. The van der Waals surface area contributed by atoms with Gasteiger partial charge in [0.25, 0.3) is 0 Å². The molecule has 0 saturated carbocycles. The van der Waals surface area contributed by atoms with Crippen LogP contribution in [0.15, 0.2) is 23.1 Å². The fourth-order valence-electron chi connectivity index (χ4n) is 1.61. The van der Waals surface area contributed by atoms with Gasteiger partial charge in [0.05, 0.1) is 10.6 Å². The van der Waals surface area contributed by atoms with Crippen LogP contribution in [-0.2, 0) is 9.84 Å². The molecule has 0 fully saturated rings. The van der Waals surface area contributed by atoms with Gasteiger partial charge in [-0.3, -0.25) is 0 Å². The van der Waals surface area contributed by atoms with E-state index < -0.39 is 9.84 Å². The molecule has 0 radical (unpaired) electrons. The van der Waals surface area contributed by atoms with Crippen LogP contribution in [0.25, 0.3) is 0 Å². The lowest BCUT2D eigenvalue weighted by atomic mass is 10.2. The molecule has 1 atom stereocenters. The van der Waals surface area contributed by atoms with Crippen molar-refractivity contribution in [3.8, 4) is 11.5 Å². The van der Waals surface area contributed by atoms with Crippen molar-refractivity contribution in [3.63, 3.8) is 0 Å². The van der Waals surface area contributed by atoms with Crippen LogP contribution in [0.2, 0.25) is 0 Å². The molecule has 2 rings (SSSR count). The molecule has 0 aromatic heterocycles. The number of fused-ring (bicyclic) bond motifs is 1. The van der Waals surface area contributed by atoms with E-state index in [0.29, 0.717) is 18.0 Å². The highest BCUT2D eigenvalue weighted by Crippen LogP contribution is 2.34. The van der Waals surface area contributed by atoms with Crippen LogP contribution >= 0.6 is 0 Å². The maximum atomic E-state index is 12.0. The molecule has 1 heterocycles. The van der Waals surface area contributed by atoms with E-state index in [4.69, 9.17) is 15.2 Å². The van der Waals surface area contributed by atoms with Gasteiger partial charge in [-0.05, 0) is 24.6 Å². The van der Waals surface area contributed by atoms with Crippen molar-refractivity contribution in [1.82, 2.24) is 0 Å². The summed E-state index contributed by atoms with van der Waals surface area (Å²) in [6.07, 6.45) is 0. The first-order chi connectivity index (χ1) is 8.03. The molecule has 1 aliphatic heterocycles. The number of hydrogen-bond acceptors (Lipinski definition) is 5. The zero-order valence-electron chi connectivity index (χ0n) is 9.55. The summed E-state index contributed by atoms with van der Waals surface area (Å²) in [6.45, 7) is 2.30. The molecular formula is C11H15NO4S. The van der Waals surface area contributed by atoms with Gasteiger partial charge in [0.2, 0.25) is 6.79 Å². The predicted octanol–water partition coefficient (Wildman–Crippen LogP) is 0.784. The van der Waals surface area contributed by atoms with Crippen LogP contribution in [-0.4, -0.2) is 27.5 Å². The molecule has 5 nitrogen and oxygen atoms in total.